The van der Waals surface area contributed by atoms with Crippen LogP contribution in [0.3, 0.4) is 0 Å². The van der Waals surface area contributed by atoms with Crippen molar-refractivity contribution in [2.75, 3.05) is 18.1 Å². The lowest BCUT2D eigenvalue weighted by atomic mass is 10.3. The second kappa shape index (κ2) is 4.92. The first kappa shape index (κ1) is 10.8. The molecule has 1 fully saturated rings. The predicted molar refractivity (Wildman–Crippen MR) is 73.3 cm³/mol. The molecule has 0 amide bonds. The fraction of sp³-hybridized carbons (Fsp3) is 0.133. The zero-order valence-electron chi connectivity index (χ0n) is 9.99. The van der Waals surface area contributed by atoms with Crippen LogP contribution in [0.15, 0.2) is 65.7 Å². The molecule has 1 heterocycles. The maximum atomic E-state index is 5.60. The van der Waals surface area contributed by atoms with Crippen LogP contribution in [0.2, 0.25) is 0 Å². The highest BCUT2D eigenvalue weighted by Crippen LogP contribution is 2.20. The van der Waals surface area contributed by atoms with Gasteiger partial charge < -0.3 is 4.74 Å². The van der Waals surface area contributed by atoms with E-state index < -0.39 is 0 Å². The van der Waals surface area contributed by atoms with Crippen molar-refractivity contribution in [3.63, 3.8) is 0 Å². The average molecular weight is 238 g/mol. The lowest BCUT2D eigenvalue weighted by molar-refractivity contribution is 0.353. The Kier molecular flexibility index (Phi) is 2.96. The predicted octanol–water partition coefficient (Wildman–Crippen LogP) is 3.21. The Balaban J connectivity index is 1.90. The molecule has 90 valence electrons. The van der Waals surface area contributed by atoms with Gasteiger partial charge in [0.1, 0.15) is 6.61 Å². The first-order chi connectivity index (χ1) is 8.93. The van der Waals surface area contributed by atoms with Gasteiger partial charge in [0.2, 0.25) is 0 Å². The number of aliphatic imine (C=N–C) groups is 1. The highest BCUT2D eigenvalue weighted by Gasteiger charge is 2.21. The summed E-state index contributed by atoms with van der Waals surface area (Å²) in [6.45, 7) is 1.52. The van der Waals surface area contributed by atoms with Crippen LogP contribution >= 0.6 is 0 Å². The molecule has 0 saturated carbocycles. The van der Waals surface area contributed by atoms with Crippen molar-refractivity contribution in [3.05, 3.63) is 60.7 Å². The number of rotatable bonds is 2. The molecule has 0 aliphatic carbocycles. The molecule has 0 spiro atoms. The monoisotopic (exact) mass is 238 g/mol. The van der Waals surface area contributed by atoms with Crippen molar-refractivity contribution in [2.24, 2.45) is 4.99 Å². The molecular weight excluding hydrogens is 224 g/mol. The van der Waals surface area contributed by atoms with E-state index in [4.69, 9.17) is 4.74 Å². The lowest BCUT2D eigenvalue weighted by Crippen LogP contribution is -2.24. The Hall–Kier alpha value is -2.29. The second-order valence-corrected chi connectivity index (χ2v) is 4.07. The molecule has 2 aromatic carbocycles. The molecule has 1 aliphatic heterocycles. The summed E-state index contributed by atoms with van der Waals surface area (Å²) < 4.78 is 5.60. The number of hydrogen-bond donors (Lipinski definition) is 0. The molecule has 1 saturated heterocycles. The fourth-order valence-corrected chi connectivity index (χ4v) is 1.95. The van der Waals surface area contributed by atoms with E-state index in [1.165, 1.54) is 0 Å². The van der Waals surface area contributed by atoms with Crippen molar-refractivity contribution in [2.45, 2.75) is 0 Å². The highest BCUT2D eigenvalue weighted by molar-refractivity contribution is 5.94. The van der Waals surface area contributed by atoms with Crippen molar-refractivity contribution >= 4 is 17.4 Å². The Morgan fingerprint density at radius 1 is 0.889 bits per heavy atom. The molecule has 0 radical (unpaired) electrons. The van der Waals surface area contributed by atoms with Gasteiger partial charge in [0.05, 0.1) is 12.2 Å². The van der Waals surface area contributed by atoms with Crippen molar-refractivity contribution < 1.29 is 4.74 Å². The maximum Gasteiger partial charge on any atom is 0.297 e. The standard InChI is InChI=1S/C15H14N2O/c1-3-7-13(8-4-1)16-15-17(11-12-18-15)14-9-5-2-6-10-14/h1-10H,11-12H2. The van der Waals surface area contributed by atoms with E-state index in [0.29, 0.717) is 12.6 Å². The van der Waals surface area contributed by atoms with Crippen LogP contribution in [-0.2, 0) is 4.74 Å². The van der Waals surface area contributed by atoms with Crippen LogP contribution in [-0.4, -0.2) is 19.2 Å². The van der Waals surface area contributed by atoms with Crippen LogP contribution in [0.25, 0.3) is 0 Å². The van der Waals surface area contributed by atoms with Gasteiger partial charge in [0.25, 0.3) is 6.02 Å². The normalized spacial score (nSPS) is 16.9. The Labute approximate surface area is 106 Å². The number of para-hydroxylation sites is 2. The summed E-state index contributed by atoms with van der Waals surface area (Å²) in [6.07, 6.45) is 0. The smallest absolute Gasteiger partial charge is 0.297 e. The van der Waals surface area contributed by atoms with E-state index in [2.05, 4.69) is 22.0 Å². The van der Waals surface area contributed by atoms with E-state index in [1.807, 2.05) is 48.5 Å². The van der Waals surface area contributed by atoms with Gasteiger partial charge in [-0.1, -0.05) is 36.4 Å². The number of amidine groups is 1. The molecule has 0 aromatic heterocycles. The molecule has 0 bridgehead atoms. The van der Waals surface area contributed by atoms with Gasteiger partial charge in [-0.2, -0.15) is 4.99 Å². The molecule has 3 rings (SSSR count). The number of ether oxygens (including phenoxy) is 1. The molecule has 0 atom stereocenters. The van der Waals surface area contributed by atoms with E-state index in [9.17, 15) is 0 Å². The molecule has 2 aromatic rings. The lowest BCUT2D eigenvalue weighted by Gasteiger charge is -2.15. The second-order valence-electron chi connectivity index (χ2n) is 4.07. The average Bonchev–Trinajstić information content (AvgIpc) is 2.89. The SMILES string of the molecule is c1ccc(N=C2OCCN2c2ccccc2)cc1. The van der Waals surface area contributed by atoms with Gasteiger partial charge in [-0.25, -0.2) is 0 Å². The zero-order valence-corrected chi connectivity index (χ0v) is 9.99. The first-order valence-electron chi connectivity index (χ1n) is 6.02. The molecule has 1 aliphatic rings. The quantitative estimate of drug-likeness (QED) is 0.802. The largest absolute Gasteiger partial charge is 0.463 e. The molecule has 3 nitrogen and oxygen atoms in total. The molecule has 18 heavy (non-hydrogen) atoms. The Bertz CT molecular complexity index is 537. The summed E-state index contributed by atoms with van der Waals surface area (Å²) in [4.78, 5) is 6.63. The molecule has 0 N–H and O–H groups in total. The third-order valence-electron chi connectivity index (χ3n) is 2.83. The first-order valence-corrected chi connectivity index (χ1v) is 6.02. The number of nitrogens with zero attached hydrogens (tertiary/aromatic N) is 2. The van der Waals surface area contributed by atoms with Crippen molar-refractivity contribution in [1.29, 1.82) is 0 Å². The minimum absolute atomic E-state index is 0.674. The molecule has 0 unspecified atom stereocenters. The van der Waals surface area contributed by atoms with E-state index in [0.717, 1.165) is 17.9 Å². The minimum atomic E-state index is 0.674. The van der Waals surface area contributed by atoms with E-state index >= 15 is 0 Å². The maximum absolute atomic E-state index is 5.60. The highest BCUT2D eigenvalue weighted by atomic mass is 16.5. The van der Waals surface area contributed by atoms with Gasteiger partial charge in [-0.05, 0) is 24.3 Å². The zero-order chi connectivity index (χ0) is 12.2. The Morgan fingerprint density at radius 2 is 1.56 bits per heavy atom. The Morgan fingerprint density at radius 3 is 2.28 bits per heavy atom. The summed E-state index contributed by atoms with van der Waals surface area (Å²) in [5.74, 6) is 0. The van der Waals surface area contributed by atoms with Crippen LogP contribution in [0.5, 0.6) is 0 Å². The fourth-order valence-electron chi connectivity index (χ4n) is 1.95. The summed E-state index contributed by atoms with van der Waals surface area (Å²) in [6, 6.07) is 20.7. The number of benzene rings is 2. The number of hydrogen-bond acceptors (Lipinski definition) is 2. The molecule has 3 heteroatoms. The summed E-state index contributed by atoms with van der Waals surface area (Å²) in [5.41, 5.74) is 2.03. The number of anilines is 1. The van der Waals surface area contributed by atoms with Crippen LogP contribution in [0.4, 0.5) is 11.4 Å². The van der Waals surface area contributed by atoms with Crippen molar-refractivity contribution in [1.82, 2.24) is 0 Å². The van der Waals surface area contributed by atoms with Crippen LogP contribution < -0.4 is 4.90 Å². The van der Waals surface area contributed by atoms with Gasteiger partial charge in [0.15, 0.2) is 0 Å². The van der Waals surface area contributed by atoms with Gasteiger partial charge in [0, 0.05) is 5.69 Å². The topological polar surface area (TPSA) is 24.8 Å². The molecular formula is C15H14N2O. The van der Waals surface area contributed by atoms with Crippen molar-refractivity contribution in [3.8, 4) is 0 Å². The summed E-state index contributed by atoms with van der Waals surface area (Å²) >= 11 is 0. The summed E-state index contributed by atoms with van der Waals surface area (Å²) in [5, 5.41) is 0. The van der Waals surface area contributed by atoms with Gasteiger partial charge >= 0.3 is 0 Å². The third-order valence-corrected chi connectivity index (χ3v) is 2.83. The summed E-state index contributed by atoms with van der Waals surface area (Å²) in [7, 11) is 0. The van der Waals surface area contributed by atoms with Crippen LogP contribution in [0.1, 0.15) is 0 Å². The van der Waals surface area contributed by atoms with Crippen LogP contribution in [0, 0.1) is 0 Å². The van der Waals surface area contributed by atoms with E-state index in [1.54, 1.807) is 0 Å². The minimum Gasteiger partial charge on any atom is -0.463 e. The van der Waals surface area contributed by atoms with E-state index in [-0.39, 0.29) is 0 Å². The van der Waals surface area contributed by atoms with Gasteiger partial charge in [-0.3, -0.25) is 4.90 Å². The third kappa shape index (κ3) is 2.20. The van der Waals surface area contributed by atoms with Gasteiger partial charge in [-0.15, -0.1) is 0 Å².